The molecule has 1 atom stereocenters. The Labute approximate surface area is 153 Å². The topological polar surface area (TPSA) is 29.1 Å². The molecule has 1 unspecified atom stereocenters. The molecule has 1 N–H and O–H groups in total. The summed E-state index contributed by atoms with van der Waals surface area (Å²) in [7, 11) is 0.339. The van der Waals surface area contributed by atoms with E-state index in [0.717, 1.165) is 5.75 Å². The van der Waals surface area contributed by atoms with E-state index in [0.29, 0.717) is 6.54 Å². The van der Waals surface area contributed by atoms with Gasteiger partial charge in [0.15, 0.2) is 10.0 Å². The molecule has 0 aliphatic rings. The Kier molecular flexibility index (Phi) is 6.26. The van der Waals surface area contributed by atoms with Crippen LogP contribution in [0.15, 0.2) is 66.0 Å². The zero-order chi connectivity index (χ0) is 16.8. The molecule has 24 heavy (non-hydrogen) atoms. The van der Waals surface area contributed by atoms with Crippen molar-refractivity contribution in [3.05, 3.63) is 82.0 Å². The van der Waals surface area contributed by atoms with Crippen molar-refractivity contribution in [1.82, 2.24) is 4.72 Å². The monoisotopic (exact) mass is 373 g/mol. The summed E-state index contributed by atoms with van der Waals surface area (Å²) < 4.78 is 15.2. The SMILES string of the molecule is Cc1ccc(CSS(=O)NCc2cccs2)cc1-c1ccccc1. The second-order valence-corrected chi connectivity index (χ2v) is 9.34. The van der Waals surface area contributed by atoms with E-state index in [-0.39, 0.29) is 0 Å². The van der Waals surface area contributed by atoms with Crippen LogP contribution >= 0.6 is 22.1 Å². The van der Waals surface area contributed by atoms with Gasteiger partial charge in [0.25, 0.3) is 0 Å². The highest BCUT2D eigenvalue weighted by atomic mass is 33.1. The molecule has 0 radical (unpaired) electrons. The second-order valence-electron chi connectivity index (χ2n) is 5.41. The molecule has 3 aromatic rings. The van der Waals surface area contributed by atoms with Gasteiger partial charge in [0, 0.05) is 17.2 Å². The number of nitrogens with one attached hydrogen (secondary N) is 1. The summed E-state index contributed by atoms with van der Waals surface area (Å²) in [6.45, 7) is 2.78. The van der Waals surface area contributed by atoms with E-state index in [1.54, 1.807) is 11.3 Å². The Bertz CT molecular complexity index is 801. The maximum Gasteiger partial charge on any atom is 0.154 e. The number of hydrogen-bond donors (Lipinski definition) is 1. The van der Waals surface area contributed by atoms with Crippen LogP contribution in [0.25, 0.3) is 11.1 Å². The van der Waals surface area contributed by atoms with Crippen LogP contribution in [-0.2, 0) is 22.3 Å². The number of aryl methyl sites for hydroxylation is 1. The van der Waals surface area contributed by atoms with Crippen LogP contribution in [0.4, 0.5) is 0 Å². The Balaban J connectivity index is 1.60. The number of rotatable bonds is 7. The molecule has 0 saturated carbocycles. The Morgan fingerprint density at radius 2 is 1.92 bits per heavy atom. The van der Waals surface area contributed by atoms with Gasteiger partial charge in [-0.2, -0.15) is 0 Å². The smallest absolute Gasteiger partial charge is 0.154 e. The Hall–Kier alpha value is -1.40. The molecular formula is C19H19NOS3. The lowest BCUT2D eigenvalue weighted by molar-refractivity contribution is 0.682. The molecule has 0 saturated heterocycles. The molecule has 2 nitrogen and oxygen atoms in total. The van der Waals surface area contributed by atoms with Gasteiger partial charge in [-0.15, -0.1) is 11.3 Å². The van der Waals surface area contributed by atoms with Crippen molar-refractivity contribution in [2.75, 3.05) is 0 Å². The van der Waals surface area contributed by atoms with E-state index >= 15 is 0 Å². The third-order valence-electron chi connectivity index (χ3n) is 3.66. The van der Waals surface area contributed by atoms with E-state index < -0.39 is 10.0 Å². The highest BCUT2D eigenvalue weighted by Gasteiger charge is 2.06. The van der Waals surface area contributed by atoms with Crippen molar-refractivity contribution in [3.8, 4) is 11.1 Å². The van der Waals surface area contributed by atoms with Gasteiger partial charge in [-0.1, -0.05) is 54.6 Å². The minimum Gasteiger partial charge on any atom is -0.231 e. The summed E-state index contributed by atoms with van der Waals surface area (Å²) in [5.41, 5.74) is 4.91. The molecule has 0 bridgehead atoms. The lowest BCUT2D eigenvalue weighted by Gasteiger charge is -2.09. The quantitative estimate of drug-likeness (QED) is 0.568. The number of benzene rings is 2. The molecule has 0 aliphatic carbocycles. The summed E-state index contributed by atoms with van der Waals surface area (Å²) in [5, 5.41) is 2.03. The molecule has 0 fully saturated rings. The van der Waals surface area contributed by atoms with Crippen molar-refractivity contribution >= 4 is 32.1 Å². The van der Waals surface area contributed by atoms with Crippen LogP contribution in [0.5, 0.6) is 0 Å². The first kappa shape index (κ1) is 17.4. The predicted octanol–water partition coefficient (Wildman–Crippen LogP) is 5.33. The molecule has 1 aromatic heterocycles. The van der Waals surface area contributed by atoms with Crippen molar-refractivity contribution in [3.63, 3.8) is 0 Å². The average Bonchev–Trinajstić information content (AvgIpc) is 3.13. The lowest BCUT2D eigenvalue weighted by atomic mass is 9.99. The van der Waals surface area contributed by atoms with E-state index in [1.807, 2.05) is 23.6 Å². The van der Waals surface area contributed by atoms with E-state index in [2.05, 4.69) is 54.1 Å². The van der Waals surface area contributed by atoms with Gasteiger partial charge in [0.05, 0.1) is 0 Å². The molecule has 124 valence electrons. The number of thiophene rings is 1. The van der Waals surface area contributed by atoms with Gasteiger partial charge < -0.3 is 0 Å². The molecule has 0 spiro atoms. The summed E-state index contributed by atoms with van der Waals surface area (Å²) in [6.07, 6.45) is 0. The van der Waals surface area contributed by atoms with Gasteiger partial charge >= 0.3 is 0 Å². The molecule has 0 amide bonds. The van der Waals surface area contributed by atoms with Gasteiger partial charge in [-0.05, 0) is 51.4 Å². The standard InChI is InChI=1S/C19H19NOS3/c1-15-9-10-16(12-19(15)17-6-3-2-4-7-17)14-23-24(21)20-13-18-8-5-11-22-18/h2-12,20H,13-14H2,1H3. The number of hydrogen-bond acceptors (Lipinski definition) is 3. The Morgan fingerprint density at radius 1 is 1.08 bits per heavy atom. The first-order chi connectivity index (χ1) is 11.7. The minimum atomic E-state index is -1.09. The fourth-order valence-electron chi connectivity index (χ4n) is 2.39. The fourth-order valence-corrected chi connectivity index (χ4v) is 5.07. The normalized spacial score (nSPS) is 12.2. The Morgan fingerprint density at radius 3 is 2.67 bits per heavy atom. The van der Waals surface area contributed by atoms with Crippen molar-refractivity contribution in [2.45, 2.75) is 19.2 Å². The maximum absolute atomic E-state index is 12.1. The molecule has 5 heteroatoms. The molecule has 2 aromatic carbocycles. The second kappa shape index (κ2) is 8.62. The third-order valence-corrected chi connectivity index (χ3v) is 6.93. The lowest BCUT2D eigenvalue weighted by Crippen LogP contribution is -2.12. The molecule has 1 heterocycles. The van der Waals surface area contributed by atoms with Gasteiger partial charge in [-0.25, -0.2) is 8.93 Å². The molecule has 0 aliphatic heterocycles. The van der Waals surface area contributed by atoms with Crippen LogP contribution in [0.2, 0.25) is 0 Å². The van der Waals surface area contributed by atoms with Crippen molar-refractivity contribution < 1.29 is 4.21 Å². The van der Waals surface area contributed by atoms with Crippen molar-refractivity contribution in [2.24, 2.45) is 0 Å². The highest BCUT2D eigenvalue weighted by molar-refractivity contribution is 8.68. The van der Waals surface area contributed by atoms with Gasteiger partial charge in [-0.3, -0.25) is 0 Å². The summed E-state index contributed by atoms with van der Waals surface area (Å²) in [4.78, 5) is 1.20. The van der Waals surface area contributed by atoms with E-state index in [4.69, 9.17) is 0 Å². The molecule has 3 rings (SSSR count). The summed E-state index contributed by atoms with van der Waals surface area (Å²) >= 11 is 1.67. The van der Waals surface area contributed by atoms with Crippen LogP contribution in [0.3, 0.4) is 0 Å². The fraction of sp³-hybridized carbons (Fsp3) is 0.158. The van der Waals surface area contributed by atoms with Crippen LogP contribution in [-0.4, -0.2) is 4.21 Å². The largest absolute Gasteiger partial charge is 0.231 e. The zero-order valence-corrected chi connectivity index (χ0v) is 15.8. The van der Waals surface area contributed by atoms with E-state index in [1.165, 1.54) is 37.9 Å². The van der Waals surface area contributed by atoms with Gasteiger partial charge in [0.1, 0.15) is 0 Å². The van der Waals surface area contributed by atoms with Crippen LogP contribution in [0, 0.1) is 6.92 Å². The molecular weight excluding hydrogens is 354 g/mol. The van der Waals surface area contributed by atoms with E-state index in [9.17, 15) is 4.21 Å². The first-order valence-corrected chi connectivity index (χ1v) is 11.2. The predicted molar refractivity (Wildman–Crippen MR) is 107 cm³/mol. The highest BCUT2D eigenvalue weighted by Crippen LogP contribution is 2.26. The minimum absolute atomic E-state index is 0.653. The first-order valence-electron chi connectivity index (χ1n) is 7.68. The van der Waals surface area contributed by atoms with Crippen LogP contribution < -0.4 is 4.72 Å². The maximum atomic E-state index is 12.1. The van der Waals surface area contributed by atoms with Crippen LogP contribution in [0.1, 0.15) is 16.0 Å². The summed E-state index contributed by atoms with van der Waals surface area (Å²) in [5.74, 6) is 0.726. The zero-order valence-electron chi connectivity index (χ0n) is 13.4. The van der Waals surface area contributed by atoms with Crippen molar-refractivity contribution in [1.29, 1.82) is 0 Å². The summed E-state index contributed by atoms with van der Waals surface area (Å²) in [6, 6.07) is 20.9. The van der Waals surface area contributed by atoms with Gasteiger partial charge in [0.2, 0.25) is 0 Å². The average molecular weight is 374 g/mol. The third kappa shape index (κ3) is 4.80.